The van der Waals surface area contributed by atoms with Crippen molar-refractivity contribution in [3.8, 4) is 0 Å². The van der Waals surface area contributed by atoms with E-state index in [1.807, 2.05) is 6.92 Å². The van der Waals surface area contributed by atoms with Crippen molar-refractivity contribution < 1.29 is 4.79 Å². The Morgan fingerprint density at radius 1 is 1.78 bits per heavy atom. The third kappa shape index (κ3) is 2.81. The van der Waals surface area contributed by atoms with Crippen molar-refractivity contribution in [2.75, 3.05) is 6.54 Å². The zero-order valence-corrected chi connectivity index (χ0v) is 7.13. The Balaban J connectivity index is 3.99. The summed E-state index contributed by atoms with van der Waals surface area (Å²) in [4.78, 5) is 12.0. The predicted octanol–water partition coefficient (Wildman–Crippen LogP) is 1.07. The van der Waals surface area contributed by atoms with Crippen LogP contribution in [-0.2, 0) is 4.79 Å². The molecule has 4 heteroatoms. The molecule has 0 aromatic rings. The van der Waals surface area contributed by atoms with Crippen LogP contribution in [0.2, 0.25) is 0 Å². The third-order valence-corrected chi connectivity index (χ3v) is 1.39. The molecule has 0 bridgehead atoms. The Kier molecular flexibility index (Phi) is 3.81. The van der Waals surface area contributed by atoms with Gasteiger partial charge in [-0.15, -0.1) is 12.6 Å². The van der Waals surface area contributed by atoms with Crippen molar-refractivity contribution in [1.29, 1.82) is 0 Å². The average molecular weight is 163 g/mol. The number of thiol groups is 1. The molecule has 1 amide bonds. The summed E-state index contributed by atoms with van der Waals surface area (Å²) < 4.78 is 0.338. The lowest BCUT2D eigenvalue weighted by Crippen LogP contribution is -2.30. The molecule has 0 unspecified atom stereocenters. The van der Waals surface area contributed by atoms with Crippen LogP contribution >= 0.6 is 24.8 Å². The van der Waals surface area contributed by atoms with Gasteiger partial charge in [0.05, 0.1) is 0 Å². The van der Waals surface area contributed by atoms with Gasteiger partial charge in [-0.2, -0.15) is 0 Å². The lowest BCUT2D eigenvalue weighted by molar-refractivity contribution is -0.124. The van der Waals surface area contributed by atoms with Crippen LogP contribution in [0.25, 0.3) is 0 Å². The molecule has 0 spiro atoms. The molecule has 2 nitrogen and oxygen atoms in total. The smallest absolute Gasteiger partial charge is 0.224 e. The van der Waals surface area contributed by atoms with Crippen molar-refractivity contribution >= 4 is 35.1 Å². The van der Waals surface area contributed by atoms with Crippen molar-refractivity contribution in [2.45, 2.75) is 13.8 Å². The second kappa shape index (κ2) is 3.85. The Bertz CT molecular complexity index is 121. The fourth-order valence-corrected chi connectivity index (χ4v) is 1.03. The second-order valence-electron chi connectivity index (χ2n) is 1.55. The minimum Gasteiger partial charge on any atom is -0.299 e. The number of carbonyl (C=O) groups excluding carboxylic acids is 1. The fraction of sp³-hybridized carbons (Fsp3) is 0.600. The number of rotatable bonds is 1. The highest BCUT2D eigenvalue weighted by molar-refractivity contribution is 8.11. The fourth-order valence-electron chi connectivity index (χ4n) is 0.493. The maximum atomic E-state index is 10.6. The second-order valence-corrected chi connectivity index (χ2v) is 2.66. The van der Waals surface area contributed by atoms with E-state index in [4.69, 9.17) is 0 Å². The van der Waals surface area contributed by atoms with Gasteiger partial charge >= 0.3 is 0 Å². The van der Waals surface area contributed by atoms with E-state index < -0.39 is 0 Å². The molecule has 0 saturated heterocycles. The van der Waals surface area contributed by atoms with E-state index in [9.17, 15) is 4.79 Å². The summed E-state index contributed by atoms with van der Waals surface area (Å²) in [5, 5.41) is 0. The number of amides is 1. The molecule has 0 aliphatic carbocycles. The Hall–Kier alpha value is -0.0900. The largest absolute Gasteiger partial charge is 0.299 e. The minimum atomic E-state index is -0.0579. The maximum Gasteiger partial charge on any atom is 0.224 e. The molecule has 0 N–H and O–H groups in total. The quantitative estimate of drug-likeness (QED) is 0.461. The molecule has 0 atom stereocenters. The molecule has 0 radical (unpaired) electrons. The van der Waals surface area contributed by atoms with Crippen LogP contribution < -0.4 is 0 Å². The average Bonchev–Trinajstić information content (AvgIpc) is 1.64. The van der Waals surface area contributed by atoms with Gasteiger partial charge in [0, 0.05) is 13.5 Å². The maximum absolute atomic E-state index is 10.6. The van der Waals surface area contributed by atoms with Crippen LogP contribution in [0.4, 0.5) is 0 Å². The lowest BCUT2D eigenvalue weighted by Gasteiger charge is -2.14. The van der Waals surface area contributed by atoms with E-state index in [1.165, 1.54) is 11.8 Å². The standard InChI is InChI=1S/C5H9NOS2/c1-3-6(4(2)7)5(8)9/h3H2,1-2H3,(H,8,9). The van der Waals surface area contributed by atoms with Gasteiger partial charge in [-0.25, -0.2) is 0 Å². The molecule has 0 saturated carbocycles. The summed E-state index contributed by atoms with van der Waals surface area (Å²) in [5.74, 6) is -0.0579. The van der Waals surface area contributed by atoms with Crippen molar-refractivity contribution in [3.63, 3.8) is 0 Å². The van der Waals surface area contributed by atoms with Gasteiger partial charge in [0.15, 0.2) is 0 Å². The number of thiocarbonyl (C=S) groups is 1. The summed E-state index contributed by atoms with van der Waals surface area (Å²) >= 11 is 8.51. The first kappa shape index (κ1) is 8.91. The highest BCUT2D eigenvalue weighted by atomic mass is 32.1. The summed E-state index contributed by atoms with van der Waals surface area (Å²) in [5.41, 5.74) is 0. The molecule has 0 aliphatic heterocycles. The van der Waals surface area contributed by atoms with Crippen molar-refractivity contribution in [2.24, 2.45) is 0 Å². The van der Waals surface area contributed by atoms with Crippen LogP contribution in [0.5, 0.6) is 0 Å². The van der Waals surface area contributed by atoms with E-state index in [-0.39, 0.29) is 5.91 Å². The topological polar surface area (TPSA) is 20.3 Å². The first-order valence-corrected chi connectivity index (χ1v) is 3.46. The SMILES string of the molecule is CCN(C(C)=O)C(=S)S. The molecular formula is C5H9NOS2. The van der Waals surface area contributed by atoms with Crippen LogP contribution in [0.1, 0.15) is 13.8 Å². The summed E-state index contributed by atoms with van der Waals surface area (Å²) in [6.45, 7) is 3.91. The molecule has 0 aliphatic rings. The molecule has 0 fully saturated rings. The van der Waals surface area contributed by atoms with Gasteiger partial charge < -0.3 is 0 Å². The molecule has 0 rings (SSSR count). The van der Waals surface area contributed by atoms with Gasteiger partial charge in [-0.3, -0.25) is 9.69 Å². The van der Waals surface area contributed by atoms with E-state index in [0.717, 1.165) is 0 Å². The lowest BCUT2D eigenvalue weighted by atomic mass is 10.5. The van der Waals surface area contributed by atoms with Gasteiger partial charge in [-0.1, -0.05) is 12.2 Å². The Morgan fingerprint density at radius 3 is 2.22 bits per heavy atom. The first-order valence-electron chi connectivity index (χ1n) is 2.60. The first-order chi connectivity index (χ1) is 4.09. The number of hydrogen-bond acceptors (Lipinski definition) is 2. The van der Waals surface area contributed by atoms with E-state index in [0.29, 0.717) is 10.9 Å². The number of hydrogen-bond donors (Lipinski definition) is 1. The highest BCUT2D eigenvalue weighted by Crippen LogP contribution is 1.95. The zero-order chi connectivity index (χ0) is 7.44. The van der Waals surface area contributed by atoms with Crippen LogP contribution in [0.3, 0.4) is 0 Å². The van der Waals surface area contributed by atoms with E-state index in [2.05, 4.69) is 24.8 Å². The predicted molar refractivity (Wildman–Crippen MR) is 44.6 cm³/mol. The minimum absolute atomic E-state index is 0.0579. The van der Waals surface area contributed by atoms with Gasteiger partial charge in [0.2, 0.25) is 5.91 Å². The van der Waals surface area contributed by atoms with Gasteiger partial charge in [0.1, 0.15) is 4.32 Å². The normalized spacial score (nSPS) is 8.78. The van der Waals surface area contributed by atoms with Gasteiger partial charge in [-0.05, 0) is 6.92 Å². The van der Waals surface area contributed by atoms with E-state index >= 15 is 0 Å². The zero-order valence-electron chi connectivity index (χ0n) is 5.42. The molecule has 0 heterocycles. The Labute approximate surface area is 65.6 Å². The van der Waals surface area contributed by atoms with E-state index in [1.54, 1.807) is 0 Å². The number of carbonyl (C=O) groups is 1. The molecule has 52 valence electrons. The van der Waals surface area contributed by atoms with Crippen LogP contribution in [0.15, 0.2) is 0 Å². The molecule has 9 heavy (non-hydrogen) atoms. The highest BCUT2D eigenvalue weighted by Gasteiger charge is 2.06. The summed E-state index contributed by atoms with van der Waals surface area (Å²) in [7, 11) is 0. The van der Waals surface area contributed by atoms with Crippen LogP contribution in [-0.4, -0.2) is 21.7 Å². The molecule has 0 aromatic carbocycles. The molecular weight excluding hydrogens is 154 g/mol. The third-order valence-electron chi connectivity index (χ3n) is 0.927. The monoisotopic (exact) mass is 163 g/mol. The van der Waals surface area contributed by atoms with Gasteiger partial charge in [0.25, 0.3) is 0 Å². The Morgan fingerprint density at radius 2 is 2.22 bits per heavy atom. The van der Waals surface area contributed by atoms with Crippen molar-refractivity contribution in [3.05, 3.63) is 0 Å². The number of nitrogens with zero attached hydrogens (tertiary/aromatic N) is 1. The summed E-state index contributed by atoms with van der Waals surface area (Å²) in [6.07, 6.45) is 0. The van der Waals surface area contributed by atoms with Crippen molar-refractivity contribution in [1.82, 2.24) is 4.90 Å². The summed E-state index contributed by atoms with van der Waals surface area (Å²) in [6, 6.07) is 0. The van der Waals surface area contributed by atoms with Crippen LogP contribution in [0, 0.1) is 0 Å². The molecule has 0 aromatic heterocycles.